The topological polar surface area (TPSA) is 115 Å². The summed E-state index contributed by atoms with van der Waals surface area (Å²) in [6, 6.07) is 5.86. The Kier molecular flexibility index (Phi) is 7.68. The molecule has 1 aromatic carbocycles. The molecule has 162 valence electrons. The molecule has 0 unspecified atom stereocenters. The molecule has 1 aromatic heterocycles. The zero-order chi connectivity index (χ0) is 22.5. The Labute approximate surface area is 181 Å². The zero-order valence-corrected chi connectivity index (χ0v) is 18.8. The lowest BCUT2D eigenvalue weighted by Gasteiger charge is -2.19. The van der Waals surface area contributed by atoms with Gasteiger partial charge in [0, 0.05) is 19.0 Å². The summed E-state index contributed by atoms with van der Waals surface area (Å²) >= 11 is 5.78. The minimum Gasteiger partial charge on any atom is -0.460 e. The van der Waals surface area contributed by atoms with Crippen molar-refractivity contribution >= 4 is 33.4 Å². The molecule has 2 aromatic rings. The van der Waals surface area contributed by atoms with Gasteiger partial charge in [0.1, 0.15) is 22.8 Å². The Morgan fingerprint density at radius 3 is 2.47 bits per heavy atom. The predicted molar refractivity (Wildman–Crippen MR) is 112 cm³/mol. The highest BCUT2D eigenvalue weighted by Gasteiger charge is 2.19. The summed E-state index contributed by atoms with van der Waals surface area (Å²) < 4.78 is 32.5. The first-order valence-corrected chi connectivity index (χ1v) is 11.1. The normalized spacial score (nSPS) is 11.9. The molecule has 30 heavy (non-hydrogen) atoms. The molecule has 0 atom stereocenters. The van der Waals surface area contributed by atoms with Crippen LogP contribution in [0.2, 0.25) is 5.15 Å². The number of nitrogens with zero attached hydrogens (tertiary/aromatic N) is 2. The predicted octanol–water partition coefficient (Wildman–Crippen LogP) is 2.87. The lowest BCUT2D eigenvalue weighted by molar-refractivity contribution is -0.154. The summed E-state index contributed by atoms with van der Waals surface area (Å²) in [6.07, 6.45) is 1.18. The molecule has 0 aliphatic heterocycles. The average molecular weight is 454 g/mol. The van der Waals surface area contributed by atoms with E-state index in [9.17, 15) is 18.0 Å². The van der Waals surface area contributed by atoms with Gasteiger partial charge in [-0.15, -0.1) is 0 Å². The first-order valence-electron chi connectivity index (χ1n) is 9.19. The molecule has 2 rings (SSSR count). The molecule has 0 radical (unpaired) electrons. The Hall–Kier alpha value is -2.36. The van der Waals surface area contributed by atoms with Crippen molar-refractivity contribution in [2.45, 2.75) is 51.0 Å². The van der Waals surface area contributed by atoms with Crippen LogP contribution in [0.4, 0.5) is 0 Å². The fourth-order valence-electron chi connectivity index (χ4n) is 2.55. The van der Waals surface area contributed by atoms with Crippen LogP contribution in [0.1, 0.15) is 48.8 Å². The summed E-state index contributed by atoms with van der Waals surface area (Å²) in [5.41, 5.74) is 0.869. The van der Waals surface area contributed by atoms with Crippen molar-refractivity contribution < 1.29 is 22.7 Å². The standard InChI is InChI=1S/C20H24ClN3O5S/c1-13-9-15(30(27,28)24-8-7-19(26)29-20(2,3)4)6-5-14(13)10-17(25)16-11-18(21)23-12-22-16/h5-6,9,11-12,24H,7-8,10H2,1-4H3. The van der Waals surface area contributed by atoms with Crippen molar-refractivity contribution in [3.05, 3.63) is 52.6 Å². The second-order valence-electron chi connectivity index (χ2n) is 7.65. The van der Waals surface area contributed by atoms with E-state index in [1.165, 1.54) is 24.5 Å². The van der Waals surface area contributed by atoms with E-state index in [2.05, 4.69) is 14.7 Å². The number of ketones is 1. The molecular weight excluding hydrogens is 430 g/mol. The van der Waals surface area contributed by atoms with E-state index >= 15 is 0 Å². The smallest absolute Gasteiger partial charge is 0.307 e. The lowest BCUT2D eigenvalue weighted by atomic mass is 10.0. The van der Waals surface area contributed by atoms with Crippen molar-refractivity contribution in [2.24, 2.45) is 0 Å². The van der Waals surface area contributed by atoms with E-state index < -0.39 is 21.6 Å². The Bertz CT molecular complexity index is 1050. The SMILES string of the molecule is Cc1cc(S(=O)(=O)NCCC(=O)OC(C)(C)C)ccc1CC(=O)c1cc(Cl)ncn1. The van der Waals surface area contributed by atoms with E-state index in [0.717, 1.165) is 0 Å². The van der Waals surface area contributed by atoms with E-state index in [1.807, 2.05) is 0 Å². The van der Waals surface area contributed by atoms with Gasteiger partial charge < -0.3 is 4.74 Å². The van der Waals surface area contributed by atoms with Gasteiger partial charge in [-0.3, -0.25) is 9.59 Å². The molecule has 1 heterocycles. The molecular formula is C20H24ClN3O5S. The summed E-state index contributed by atoms with van der Waals surface area (Å²) in [4.78, 5) is 31.8. The van der Waals surface area contributed by atoms with E-state index in [1.54, 1.807) is 33.8 Å². The van der Waals surface area contributed by atoms with Crippen LogP contribution < -0.4 is 4.72 Å². The van der Waals surface area contributed by atoms with Gasteiger partial charge in [-0.05, 0) is 51.0 Å². The highest BCUT2D eigenvalue weighted by molar-refractivity contribution is 7.89. The first-order chi connectivity index (χ1) is 13.9. The molecule has 0 aliphatic rings. The van der Waals surface area contributed by atoms with Gasteiger partial charge in [0.05, 0.1) is 11.3 Å². The average Bonchev–Trinajstić information content (AvgIpc) is 2.61. The molecule has 0 aliphatic carbocycles. The second-order valence-corrected chi connectivity index (χ2v) is 9.80. The van der Waals surface area contributed by atoms with Crippen LogP contribution in [0.25, 0.3) is 0 Å². The Morgan fingerprint density at radius 1 is 1.17 bits per heavy atom. The summed E-state index contributed by atoms with van der Waals surface area (Å²) in [7, 11) is -3.81. The Morgan fingerprint density at radius 2 is 1.87 bits per heavy atom. The maximum atomic E-state index is 12.5. The maximum absolute atomic E-state index is 12.5. The van der Waals surface area contributed by atoms with E-state index in [0.29, 0.717) is 11.1 Å². The van der Waals surface area contributed by atoms with Crippen LogP contribution in [-0.2, 0) is 26.0 Å². The van der Waals surface area contributed by atoms with Crippen LogP contribution in [0.15, 0.2) is 35.5 Å². The fourth-order valence-corrected chi connectivity index (χ4v) is 3.81. The minimum absolute atomic E-state index is 0.0467. The molecule has 0 saturated heterocycles. The monoisotopic (exact) mass is 453 g/mol. The molecule has 0 saturated carbocycles. The fraction of sp³-hybridized carbons (Fsp3) is 0.400. The minimum atomic E-state index is -3.81. The van der Waals surface area contributed by atoms with Gasteiger partial charge in [0.15, 0.2) is 5.78 Å². The van der Waals surface area contributed by atoms with Crippen molar-refractivity contribution in [2.75, 3.05) is 6.54 Å². The summed E-state index contributed by atoms with van der Waals surface area (Å²) in [6.45, 7) is 6.86. The quantitative estimate of drug-likeness (QED) is 0.371. The number of Topliss-reactive ketones (excluding diaryl/α,β-unsaturated/α-hetero) is 1. The highest BCUT2D eigenvalue weighted by atomic mass is 35.5. The maximum Gasteiger partial charge on any atom is 0.307 e. The van der Waals surface area contributed by atoms with E-state index in [-0.39, 0.29) is 40.9 Å². The number of halogens is 1. The van der Waals surface area contributed by atoms with Crippen LogP contribution in [-0.4, -0.2) is 42.3 Å². The van der Waals surface area contributed by atoms with Gasteiger partial charge in [0.25, 0.3) is 0 Å². The number of carbonyl (C=O) groups excluding carboxylic acids is 2. The number of ether oxygens (including phenoxy) is 1. The van der Waals surface area contributed by atoms with Crippen molar-refractivity contribution in [3.63, 3.8) is 0 Å². The molecule has 0 spiro atoms. The van der Waals surface area contributed by atoms with Crippen LogP contribution in [0.3, 0.4) is 0 Å². The number of hydrogen-bond donors (Lipinski definition) is 1. The number of carbonyl (C=O) groups is 2. The lowest BCUT2D eigenvalue weighted by Crippen LogP contribution is -2.29. The third kappa shape index (κ3) is 7.16. The van der Waals surface area contributed by atoms with Crippen molar-refractivity contribution in [3.8, 4) is 0 Å². The zero-order valence-electron chi connectivity index (χ0n) is 17.2. The van der Waals surface area contributed by atoms with Crippen LogP contribution in [0, 0.1) is 6.92 Å². The van der Waals surface area contributed by atoms with Gasteiger partial charge in [-0.1, -0.05) is 17.7 Å². The van der Waals surface area contributed by atoms with Gasteiger partial charge in [-0.25, -0.2) is 23.1 Å². The first kappa shape index (κ1) is 23.9. The van der Waals surface area contributed by atoms with Crippen molar-refractivity contribution in [1.82, 2.24) is 14.7 Å². The molecule has 1 N–H and O–H groups in total. The van der Waals surface area contributed by atoms with Gasteiger partial charge in [-0.2, -0.15) is 0 Å². The number of aryl methyl sites for hydroxylation is 1. The highest BCUT2D eigenvalue weighted by Crippen LogP contribution is 2.18. The van der Waals surface area contributed by atoms with Crippen LogP contribution >= 0.6 is 11.6 Å². The second kappa shape index (κ2) is 9.63. The van der Waals surface area contributed by atoms with Gasteiger partial charge in [0.2, 0.25) is 10.0 Å². The third-order valence-electron chi connectivity index (χ3n) is 3.94. The number of hydrogen-bond acceptors (Lipinski definition) is 7. The molecule has 0 bridgehead atoms. The molecule has 0 amide bonds. The number of esters is 1. The number of benzene rings is 1. The molecule has 8 nitrogen and oxygen atoms in total. The van der Waals surface area contributed by atoms with E-state index in [4.69, 9.17) is 16.3 Å². The number of aromatic nitrogens is 2. The van der Waals surface area contributed by atoms with Crippen LogP contribution in [0.5, 0.6) is 0 Å². The number of sulfonamides is 1. The summed E-state index contributed by atoms with van der Waals surface area (Å²) in [5, 5.41) is 0.170. The molecule has 0 fully saturated rings. The largest absolute Gasteiger partial charge is 0.460 e. The van der Waals surface area contributed by atoms with Crippen molar-refractivity contribution in [1.29, 1.82) is 0 Å². The summed E-state index contributed by atoms with van der Waals surface area (Å²) in [5.74, 6) is -0.742. The Balaban J connectivity index is 2.02. The number of rotatable bonds is 8. The molecule has 10 heteroatoms. The third-order valence-corrected chi connectivity index (χ3v) is 5.60. The number of nitrogens with one attached hydrogen (secondary N) is 1. The van der Waals surface area contributed by atoms with Gasteiger partial charge >= 0.3 is 5.97 Å².